The van der Waals surface area contributed by atoms with E-state index in [9.17, 15) is 9.59 Å². The first-order chi connectivity index (χ1) is 13.7. The molecule has 2 heterocycles. The molecule has 0 radical (unpaired) electrons. The minimum Gasteiger partial charge on any atom is -0.492 e. The van der Waals surface area contributed by atoms with Gasteiger partial charge in [-0.05, 0) is 36.8 Å². The molecule has 0 aliphatic heterocycles. The van der Waals surface area contributed by atoms with Gasteiger partial charge in [0.2, 0.25) is 0 Å². The van der Waals surface area contributed by atoms with Crippen LogP contribution in [0.5, 0.6) is 5.75 Å². The Labute approximate surface area is 162 Å². The van der Waals surface area contributed by atoms with E-state index in [1.807, 2.05) is 19.1 Å². The number of carbonyl (C=O) groups excluding carboxylic acids is 2. The highest BCUT2D eigenvalue weighted by atomic mass is 16.5. The molecule has 3 aromatic rings. The number of ether oxygens (including phenoxy) is 1. The van der Waals surface area contributed by atoms with Gasteiger partial charge < -0.3 is 15.4 Å². The van der Waals surface area contributed by atoms with E-state index in [2.05, 4.69) is 20.6 Å². The first-order valence-electron chi connectivity index (χ1n) is 8.82. The van der Waals surface area contributed by atoms with Crippen molar-refractivity contribution in [2.75, 3.05) is 11.9 Å². The zero-order chi connectivity index (χ0) is 19.8. The van der Waals surface area contributed by atoms with Gasteiger partial charge >= 0.3 is 0 Å². The largest absolute Gasteiger partial charge is 0.492 e. The highest BCUT2D eigenvalue weighted by Gasteiger charge is 2.13. The lowest BCUT2D eigenvalue weighted by Crippen LogP contribution is -2.23. The number of pyridine rings is 2. The second-order valence-electron chi connectivity index (χ2n) is 5.89. The lowest BCUT2D eigenvalue weighted by atomic mass is 10.1. The summed E-state index contributed by atoms with van der Waals surface area (Å²) in [5.41, 5.74) is 2.01. The smallest absolute Gasteiger partial charge is 0.257 e. The summed E-state index contributed by atoms with van der Waals surface area (Å²) in [6.45, 7) is 2.70. The lowest BCUT2D eigenvalue weighted by molar-refractivity contribution is 0.0950. The maximum absolute atomic E-state index is 12.6. The SMILES string of the molecule is CCOc1ccccc1NC(=O)c1cncc(C(=O)NCc2cccnc2)c1. The van der Waals surface area contributed by atoms with E-state index >= 15 is 0 Å². The van der Waals surface area contributed by atoms with Crippen molar-refractivity contribution in [2.24, 2.45) is 0 Å². The summed E-state index contributed by atoms with van der Waals surface area (Å²) in [7, 11) is 0. The maximum atomic E-state index is 12.6. The Kier molecular flexibility index (Phi) is 6.30. The summed E-state index contributed by atoms with van der Waals surface area (Å²) >= 11 is 0. The lowest BCUT2D eigenvalue weighted by Gasteiger charge is -2.11. The van der Waals surface area contributed by atoms with Gasteiger partial charge in [0.25, 0.3) is 11.8 Å². The fourth-order valence-electron chi connectivity index (χ4n) is 2.52. The fraction of sp³-hybridized carbons (Fsp3) is 0.143. The summed E-state index contributed by atoms with van der Waals surface area (Å²) in [6, 6.07) is 12.3. The Balaban J connectivity index is 1.68. The van der Waals surface area contributed by atoms with Crippen LogP contribution in [0.15, 0.2) is 67.3 Å². The van der Waals surface area contributed by atoms with E-state index in [1.165, 1.54) is 18.5 Å². The average Bonchev–Trinajstić information content (AvgIpc) is 2.74. The first-order valence-corrected chi connectivity index (χ1v) is 8.82. The zero-order valence-electron chi connectivity index (χ0n) is 15.4. The molecule has 2 aromatic heterocycles. The van der Waals surface area contributed by atoms with E-state index < -0.39 is 0 Å². The number of hydrogen-bond acceptors (Lipinski definition) is 5. The van der Waals surface area contributed by atoms with Crippen molar-refractivity contribution in [3.8, 4) is 5.75 Å². The van der Waals surface area contributed by atoms with Crippen molar-refractivity contribution in [3.05, 3.63) is 83.9 Å². The van der Waals surface area contributed by atoms with Gasteiger partial charge in [-0.2, -0.15) is 0 Å². The molecule has 0 saturated carbocycles. The van der Waals surface area contributed by atoms with Crippen molar-refractivity contribution in [3.63, 3.8) is 0 Å². The van der Waals surface area contributed by atoms with E-state index in [0.717, 1.165) is 5.56 Å². The Hall–Kier alpha value is -3.74. The third kappa shape index (κ3) is 4.91. The van der Waals surface area contributed by atoms with E-state index in [-0.39, 0.29) is 17.4 Å². The van der Waals surface area contributed by atoms with Crippen molar-refractivity contribution < 1.29 is 14.3 Å². The first kappa shape index (κ1) is 19.0. The number of carbonyl (C=O) groups is 2. The number of para-hydroxylation sites is 2. The number of hydrogen-bond donors (Lipinski definition) is 2. The highest BCUT2D eigenvalue weighted by molar-refractivity contribution is 6.06. The quantitative estimate of drug-likeness (QED) is 0.661. The van der Waals surface area contributed by atoms with Crippen LogP contribution in [0.1, 0.15) is 33.2 Å². The molecule has 0 bridgehead atoms. The standard InChI is InChI=1S/C21H20N4O3/c1-2-28-19-8-4-3-7-18(19)25-21(27)17-10-16(13-23-14-17)20(26)24-12-15-6-5-9-22-11-15/h3-11,13-14H,2,12H2,1H3,(H,24,26)(H,25,27). The van der Waals surface area contributed by atoms with Crippen LogP contribution in [0.25, 0.3) is 0 Å². The van der Waals surface area contributed by atoms with Gasteiger partial charge in [-0.1, -0.05) is 18.2 Å². The molecular formula is C21H20N4O3. The molecule has 28 heavy (non-hydrogen) atoms. The van der Waals surface area contributed by atoms with Crippen molar-refractivity contribution >= 4 is 17.5 Å². The van der Waals surface area contributed by atoms with E-state index in [4.69, 9.17) is 4.74 Å². The second-order valence-corrected chi connectivity index (χ2v) is 5.89. The molecule has 0 spiro atoms. The monoisotopic (exact) mass is 376 g/mol. The molecule has 0 unspecified atom stereocenters. The molecule has 3 rings (SSSR count). The van der Waals surface area contributed by atoms with Crippen molar-refractivity contribution in [2.45, 2.75) is 13.5 Å². The van der Waals surface area contributed by atoms with Crippen LogP contribution in [0.4, 0.5) is 5.69 Å². The van der Waals surface area contributed by atoms with Crippen LogP contribution < -0.4 is 15.4 Å². The summed E-state index contributed by atoms with van der Waals surface area (Å²) in [6.07, 6.45) is 6.18. The van der Waals surface area contributed by atoms with Gasteiger partial charge in [-0.3, -0.25) is 19.6 Å². The van der Waals surface area contributed by atoms with Crippen LogP contribution in [-0.2, 0) is 6.54 Å². The van der Waals surface area contributed by atoms with E-state index in [0.29, 0.717) is 30.2 Å². The molecule has 142 valence electrons. The summed E-state index contributed by atoms with van der Waals surface area (Å²) < 4.78 is 5.51. The molecule has 7 nitrogen and oxygen atoms in total. The highest BCUT2D eigenvalue weighted by Crippen LogP contribution is 2.24. The third-order valence-electron chi connectivity index (χ3n) is 3.87. The molecule has 2 N–H and O–H groups in total. The molecular weight excluding hydrogens is 356 g/mol. The maximum Gasteiger partial charge on any atom is 0.257 e. The molecule has 0 aliphatic rings. The summed E-state index contributed by atoms with van der Waals surface area (Å²) in [5.74, 6) is -0.112. The topological polar surface area (TPSA) is 93.2 Å². The number of amides is 2. The van der Waals surface area contributed by atoms with Crippen LogP contribution in [-0.4, -0.2) is 28.4 Å². The van der Waals surface area contributed by atoms with Crippen LogP contribution in [0.3, 0.4) is 0 Å². The zero-order valence-corrected chi connectivity index (χ0v) is 15.4. The third-order valence-corrected chi connectivity index (χ3v) is 3.87. The number of anilines is 1. The molecule has 0 fully saturated rings. The molecule has 0 aliphatic carbocycles. The van der Waals surface area contributed by atoms with Gasteiger partial charge in [0.05, 0.1) is 23.4 Å². The average molecular weight is 376 g/mol. The second kappa shape index (κ2) is 9.27. The Morgan fingerprint density at radius 1 is 0.964 bits per heavy atom. The predicted octanol–water partition coefficient (Wildman–Crippen LogP) is 3.06. The molecule has 1 aromatic carbocycles. The number of rotatable bonds is 7. The summed E-state index contributed by atoms with van der Waals surface area (Å²) in [5, 5.41) is 5.58. The Bertz CT molecular complexity index is 961. The normalized spacial score (nSPS) is 10.2. The molecule has 0 atom stereocenters. The van der Waals surface area contributed by atoms with E-state index in [1.54, 1.807) is 36.7 Å². The van der Waals surface area contributed by atoms with Crippen molar-refractivity contribution in [1.29, 1.82) is 0 Å². The molecule has 2 amide bonds. The van der Waals surface area contributed by atoms with Crippen LogP contribution in [0.2, 0.25) is 0 Å². The fourth-order valence-corrected chi connectivity index (χ4v) is 2.52. The van der Waals surface area contributed by atoms with Gasteiger partial charge in [-0.15, -0.1) is 0 Å². The molecule has 7 heteroatoms. The minimum atomic E-state index is -0.374. The minimum absolute atomic E-state index is 0.278. The van der Waals surface area contributed by atoms with Crippen LogP contribution in [0, 0.1) is 0 Å². The van der Waals surface area contributed by atoms with Crippen molar-refractivity contribution in [1.82, 2.24) is 15.3 Å². The van der Waals surface area contributed by atoms with Gasteiger partial charge in [0, 0.05) is 31.3 Å². The number of benzene rings is 1. The Morgan fingerprint density at radius 2 is 1.75 bits per heavy atom. The van der Waals surface area contributed by atoms with Gasteiger partial charge in [0.1, 0.15) is 5.75 Å². The Morgan fingerprint density at radius 3 is 2.50 bits per heavy atom. The van der Waals surface area contributed by atoms with Gasteiger partial charge in [0.15, 0.2) is 0 Å². The summed E-state index contributed by atoms with van der Waals surface area (Å²) in [4.78, 5) is 33.0. The predicted molar refractivity (Wildman–Crippen MR) is 105 cm³/mol. The molecule has 0 saturated heterocycles. The number of aromatic nitrogens is 2. The van der Waals surface area contributed by atoms with Crippen LogP contribution >= 0.6 is 0 Å². The number of nitrogens with one attached hydrogen (secondary N) is 2. The van der Waals surface area contributed by atoms with Gasteiger partial charge in [-0.25, -0.2) is 0 Å². The number of nitrogens with zero attached hydrogens (tertiary/aromatic N) is 2.